The maximum Gasteiger partial charge on any atom is 0.198 e. The van der Waals surface area contributed by atoms with Gasteiger partial charge in [-0.2, -0.15) is 0 Å². The Bertz CT molecular complexity index is 699. The minimum Gasteiger partial charge on any atom is -0.451 e. The maximum atomic E-state index is 13.5. The van der Waals surface area contributed by atoms with Gasteiger partial charge in [-0.3, -0.25) is 0 Å². The molecule has 114 valence electrons. The molecule has 0 spiro atoms. The number of amidine groups is 1. The average molecular weight is 321 g/mol. The lowest BCUT2D eigenvalue weighted by molar-refractivity contribution is 0.407. The Balaban J connectivity index is 2.22. The fraction of sp³-hybridized carbons (Fsp3) is 0.0667. The summed E-state index contributed by atoms with van der Waals surface area (Å²) in [6, 6.07) is 6.41. The molecule has 0 bridgehead atoms. The molecule has 1 aromatic heterocycles. The standard InChI is InChI=1S/C15H13F2N3OS/c1-2-8-22-15(18)20-13-9-10(6-7-19-13)21-14-11(16)4-3-5-12(14)17/h2-9H,1H3,(H2,18,19,20)/b8-2+. The van der Waals surface area contributed by atoms with E-state index in [0.29, 0.717) is 5.17 Å². The van der Waals surface area contributed by atoms with Crippen LogP contribution in [0.4, 0.5) is 14.6 Å². The highest BCUT2D eigenvalue weighted by molar-refractivity contribution is 8.16. The van der Waals surface area contributed by atoms with Crippen molar-refractivity contribution >= 4 is 22.7 Å². The first-order chi connectivity index (χ1) is 10.6. The van der Waals surface area contributed by atoms with Crippen molar-refractivity contribution in [3.63, 3.8) is 0 Å². The van der Waals surface area contributed by atoms with Gasteiger partial charge in [-0.25, -0.2) is 18.8 Å². The molecule has 2 aromatic rings. The summed E-state index contributed by atoms with van der Waals surface area (Å²) in [6.45, 7) is 1.86. The number of aromatic nitrogens is 1. The van der Waals surface area contributed by atoms with E-state index in [-0.39, 0.29) is 11.6 Å². The summed E-state index contributed by atoms with van der Waals surface area (Å²) in [4.78, 5) is 8.07. The van der Waals surface area contributed by atoms with Gasteiger partial charge in [0.1, 0.15) is 5.75 Å². The Morgan fingerprint density at radius 3 is 2.73 bits per heavy atom. The largest absolute Gasteiger partial charge is 0.451 e. The molecule has 0 fully saturated rings. The summed E-state index contributed by atoms with van der Waals surface area (Å²) in [5.41, 5.74) is 5.70. The van der Waals surface area contributed by atoms with Crippen molar-refractivity contribution in [1.82, 2.24) is 4.98 Å². The van der Waals surface area contributed by atoms with E-state index >= 15 is 0 Å². The van der Waals surface area contributed by atoms with Crippen molar-refractivity contribution in [3.8, 4) is 11.5 Å². The van der Waals surface area contributed by atoms with E-state index in [0.717, 1.165) is 12.1 Å². The Morgan fingerprint density at radius 2 is 2.05 bits per heavy atom. The number of nitrogens with two attached hydrogens (primary N) is 1. The van der Waals surface area contributed by atoms with Crippen molar-refractivity contribution in [2.24, 2.45) is 10.7 Å². The topological polar surface area (TPSA) is 60.5 Å². The number of pyridine rings is 1. The number of allylic oxidation sites excluding steroid dienone is 1. The zero-order valence-electron chi connectivity index (χ0n) is 11.7. The van der Waals surface area contributed by atoms with Gasteiger partial charge < -0.3 is 10.5 Å². The average Bonchev–Trinajstić information content (AvgIpc) is 2.49. The van der Waals surface area contributed by atoms with Gasteiger partial charge in [0.2, 0.25) is 0 Å². The second-order valence-electron chi connectivity index (χ2n) is 4.04. The number of aliphatic imine (C=N–C) groups is 1. The summed E-state index contributed by atoms with van der Waals surface area (Å²) in [5.74, 6) is -1.56. The van der Waals surface area contributed by atoms with Gasteiger partial charge in [-0.05, 0) is 30.5 Å². The molecule has 4 nitrogen and oxygen atoms in total. The van der Waals surface area contributed by atoms with Crippen LogP contribution >= 0.6 is 11.8 Å². The van der Waals surface area contributed by atoms with E-state index in [1.807, 2.05) is 13.0 Å². The van der Waals surface area contributed by atoms with Crippen LogP contribution in [0.25, 0.3) is 0 Å². The van der Waals surface area contributed by atoms with Crippen LogP contribution in [-0.2, 0) is 0 Å². The predicted molar refractivity (Wildman–Crippen MR) is 84.4 cm³/mol. The molecule has 1 aromatic carbocycles. The first-order valence-corrected chi connectivity index (χ1v) is 7.18. The van der Waals surface area contributed by atoms with E-state index < -0.39 is 17.4 Å². The van der Waals surface area contributed by atoms with Crippen molar-refractivity contribution in [2.45, 2.75) is 6.92 Å². The zero-order valence-corrected chi connectivity index (χ0v) is 12.5. The molecule has 0 atom stereocenters. The molecular weight excluding hydrogens is 308 g/mol. The number of para-hydroxylation sites is 1. The second-order valence-corrected chi connectivity index (χ2v) is 4.97. The minimum atomic E-state index is -0.787. The van der Waals surface area contributed by atoms with E-state index in [1.165, 1.54) is 36.2 Å². The fourth-order valence-corrected chi connectivity index (χ4v) is 1.92. The SMILES string of the molecule is C/C=C/SC(N)=Nc1cc(Oc2c(F)cccc2F)ccn1. The lowest BCUT2D eigenvalue weighted by Gasteiger charge is -2.07. The first kappa shape index (κ1) is 16.0. The van der Waals surface area contributed by atoms with Gasteiger partial charge in [0.15, 0.2) is 28.4 Å². The number of hydrogen-bond donors (Lipinski definition) is 1. The Hall–Kier alpha value is -2.41. The normalized spacial score (nSPS) is 11.9. The molecule has 2 rings (SSSR count). The van der Waals surface area contributed by atoms with E-state index in [9.17, 15) is 8.78 Å². The maximum absolute atomic E-state index is 13.5. The highest BCUT2D eigenvalue weighted by Crippen LogP contribution is 2.28. The molecule has 0 unspecified atom stereocenters. The monoisotopic (exact) mass is 321 g/mol. The van der Waals surface area contributed by atoms with Crippen LogP contribution in [0.15, 0.2) is 53.0 Å². The molecule has 1 heterocycles. The van der Waals surface area contributed by atoms with Gasteiger partial charge in [-0.15, -0.1) is 0 Å². The van der Waals surface area contributed by atoms with Crippen molar-refractivity contribution in [1.29, 1.82) is 0 Å². The summed E-state index contributed by atoms with van der Waals surface area (Å²) in [6.07, 6.45) is 3.24. The third kappa shape index (κ3) is 4.29. The summed E-state index contributed by atoms with van der Waals surface area (Å²) in [7, 11) is 0. The van der Waals surface area contributed by atoms with Gasteiger partial charge in [0.05, 0.1) is 0 Å². The molecule has 0 saturated carbocycles. The molecule has 0 aliphatic carbocycles. The fourth-order valence-electron chi connectivity index (χ4n) is 1.50. The third-order valence-corrected chi connectivity index (χ3v) is 3.15. The van der Waals surface area contributed by atoms with Gasteiger partial charge in [0, 0.05) is 12.3 Å². The molecular formula is C15H13F2N3OS. The quantitative estimate of drug-likeness (QED) is 0.671. The molecule has 2 N–H and O–H groups in total. The Labute approximate surface area is 130 Å². The number of ether oxygens (including phenoxy) is 1. The molecule has 0 saturated heterocycles. The van der Waals surface area contributed by atoms with Crippen LogP contribution < -0.4 is 10.5 Å². The molecule has 22 heavy (non-hydrogen) atoms. The predicted octanol–water partition coefficient (Wildman–Crippen LogP) is 4.37. The van der Waals surface area contributed by atoms with Gasteiger partial charge in [0.25, 0.3) is 0 Å². The highest BCUT2D eigenvalue weighted by Gasteiger charge is 2.11. The number of rotatable bonds is 4. The van der Waals surface area contributed by atoms with Crippen LogP contribution in [0, 0.1) is 11.6 Å². The van der Waals surface area contributed by atoms with E-state index in [2.05, 4.69) is 9.98 Å². The van der Waals surface area contributed by atoms with Gasteiger partial charge >= 0.3 is 0 Å². The second kappa shape index (κ2) is 7.56. The summed E-state index contributed by atoms with van der Waals surface area (Å²) in [5, 5.41) is 2.06. The molecule has 0 amide bonds. The number of thioether (sulfide) groups is 1. The highest BCUT2D eigenvalue weighted by atomic mass is 32.2. The zero-order chi connectivity index (χ0) is 15.9. The smallest absolute Gasteiger partial charge is 0.198 e. The third-order valence-electron chi connectivity index (χ3n) is 2.41. The van der Waals surface area contributed by atoms with Crippen LogP contribution in [0.2, 0.25) is 0 Å². The molecule has 0 radical (unpaired) electrons. The molecule has 0 aliphatic rings. The molecule has 7 heteroatoms. The molecule has 0 aliphatic heterocycles. The lowest BCUT2D eigenvalue weighted by Crippen LogP contribution is -2.04. The van der Waals surface area contributed by atoms with Crippen molar-refractivity contribution in [3.05, 3.63) is 59.6 Å². The minimum absolute atomic E-state index is 0.210. The van der Waals surface area contributed by atoms with Crippen LogP contribution in [0.5, 0.6) is 11.5 Å². The summed E-state index contributed by atoms with van der Waals surface area (Å²) < 4.78 is 32.3. The van der Waals surface area contributed by atoms with Crippen LogP contribution in [0.1, 0.15) is 6.92 Å². The van der Waals surface area contributed by atoms with Crippen LogP contribution in [-0.4, -0.2) is 10.2 Å². The number of hydrogen-bond acceptors (Lipinski definition) is 4. The van der Waals surface area contributed by atoms with Gasteiger partial charge in [-0.1, -0.05) is 23.9 Å². The number of halogens is 2. The summed E-state index contributed by atoms with van der Waals surface area (Å²) >= 11 is 1.23. The van der Waals surface area contributed by atoms with Crippen LogP contribution in [0.3, 0.4) is 0 Å². The Kier molecular flexibility index (Phi) is 5.48. The van der Waals surface area contributed by atoms with E-state index in [4.69, 9.17) is 10.5 Å². The van der Waals surface area contributed by atoms with E-state index in [1.54, 1.807) is 5.41 Å². The van der Waals surface area contributed by atoms with Crippen molar-refractivity contribution in [2.75, 3.05) is 0 Å². The first-order valence-electron chi connectivity index (χ1n) is 6.30. The van der Waals surface area contributed by atoms with Crippen molar-refractivity contribution < 1.29 is 13.5 Å². The number of nitrogens with zero attached hydrogens (tertiary/aromatic N) is 2. The lowest BCUT2D eigenvalue weighted by atomic mass is 10.3. The number of benzene rings is 1. The Morgan fingerprint density at radius 1 is 1.32 bits per heavy atom.